The zero-order valence-electron chi connectivity index (χ0n) is 14.3. The van der Waals surface area contributed by atoms with E-state index in [1.807, 2.05) is 13.8 Å². The number of hydrogen-bond acceptors (Lipinski definition) is 5. The number of hydrogen-bond donors (Lipinski definition) is 2. The summed E-state index contributed by atoms with van der Waals surface area (Å²) in [4.78, 5) is 24.2. The molecule has 0 aliphatic heterocycles. The Bertz CT molecular complexity index is 502. The second kappa shape index (κ2) is 7.55. The molecule has 22 heavy (non-hydrogen) atoms. The molecule has 0 saturated heterocycles. The van der Waals surface area contributed by atoms with E-state index in [-0.39, 0.29) is 0 Å². The van der Waals surface area contributed by atoms with Gasteiger partial charge in [-0.05, 0) is 12.8 Å². The van der Waals surface area contributed by atoms with Crippen molar-refractivity contribution in [2.75, 3.05) is 5.75 Å². The minimum absolute atomic E-state index is 0.481. The van der Waals surface area contributed by atoms with Crippen LogP contribution in [0.4, 0.5) is 0 Å². The Kier molecular flexibility index (Phi) is 7.22. The molecule has 0 fully saturated rings. The minimum Gasteiger partial charge on any atom is -0.368 e. The molecular weight excluding hydrogens is 304 g/mol. The van der Waals surface area contributed by atoms with Gasteiger partial charge >= 0.3 is 0 Å². The molecule has 0 aliphatic carbocycles. The Morgan fingerprint density at radius 2 is 1.45 bits per heavy atom. The lowest BCUT2D eigenvalue weighted by molar-refractivity contribution is -0.138. The fraction of sp³-hybridized carbons (Fsp3) is 0.867. The Morgan fingerprint density at radius 3 is 1.73 bits per heavy atom. The first-order chi connectivity index (χ1) is 9.82. The van der Waals surface area contributed by atoms with Gasteiger partial charge in [0.05, 0.1) is 11.0 Å². The lowest BCUT2D eigenvalue weighted by Crippen LogP contribution is -2.65. The standard InChI is InChI=1S/C15H30N2O4S/c1-6-8-11(9-7-2)22(20,21)10-15(17,13(16)19)12(18)14(3,4)5/h11H,6-10,17H2,1-5H3,(H2,16,19)/t15-/m0/s1. The molecule has 0 saturated carbocycles. The first-order valence-electron chi connectivity index (χ1n) is 7.68. The zero-order chi connectivity index (χ0) is 17.8. The van der Waals surface area contributed by atoms with Gasteiger partial charge in [0.2, 0.25) is 5.91 Å². The summed E-state index contributed by atoms with van der Waals surface area (Å²) >= 11 is 0. The third-order valence-corrected chi connectivity index (χ3v) is 6.03. The molecule has 7 heteroatoms. The van der Waals surface area contributed by atoms with Crippen LogP contribution < -0.4 is 11.5 Å². The van der Waals surface area contributed by atoms with Crippen molar-refractivity contribution in [2.24, 2.45) is 16.9 Å². The van der Waals surface area contributed by atoms with Crippen LogP contribution in [-0.4, -0.2) is 36.6 Å². The average Bonchev–Trinajstić information content (AvgIpc) is 2.35. The zero-order valence-corrected chi connectivity index (χ0v) is 15.1. The number of ketones is 1. The molecule has 0 rings (SSSR count). The maximum absolute atomic E-state index is 12.6. The maximum Gasteiger partial charge on any atom is 0.246 e. The highest BCUT2D eigenvalue weighted by molar-refractivity contribution is 7.92. The average molecular weight is 334 g/mol. The summed E-state index contributed by atoms with van der Waals surface area (Å²) in [5.74, 6) is -2.47. The second-order valence-corrected chi connectivity index (χ2v) is 9.20. The lowest BCUT2D eigenvalue weighted by Gasteiger charge is -2.32. The summed E-state index contributed by atoms with van der Waals surface area (Å²) in [5, 5.41) is -0.599. The predicted octanol–water partition coefficient (Wildman–Crippen LogP) is 1.17. The summed E-state index contributed by atoms with van der Waals surface area (Å²) in [6.07, 6.45) is 2.36. The van der Waals surface area contributed by atoms with Gasteiger partial charge in [-0.2, -0.15) is 0 Å². The van der Waals surface area contributed by atoms with Crippen molar-refractivity contribution in [2.45, 2.75) is 71.1 Å². The lowest BCUT2D eigenvalue weighted by atomic mass is 9.79. The van der Waals surface area contributed by atoms with Gasteiger partial charge in [0.1, 0.15) is 0 Å². The number of nitrogens with two attached hydrogens (primary N) is 2. The van der Waals surface area contributed by atoms with Gasteiger partial charge in [0.15, 0.2) is 21.2 Å². The van der Waals surface area contributed by atoms with Gasteiger partial charge in [0, 0.05) is 5.41 Å². The summed E-state index contributed by atoms with van der Waals surface area (Å²) in [5.41, 5.74) is 8.02. The van der Waals surface area contributed by atoms with Crippen LogP contribution in [0.1, 0.15) is 60.3 Å². The molecule has 1 amide bonds. The smallest absolute Gasteiger partial charge is 0.246 e. The summed E-state index contributed by atoms with van der Waals surface area (Å²) in [7, 11) is -3.70. The third kappa shape index (κ3) is 5.05. The minimum atomic E-state index is -3.70. The summed E-state index contributed by atoms with van der Waals surface area (Å²) in [6.45, 7) is 8.54. The van der Waals surface area contributed by atoms with Crippen LogP contribution in [0.15, 0.2) is 0 Å². The molecule has 4 N–H and O–H groups in total. The van der Waals surface area contributed by atoms with Gasteiger partial charge in [-0.25, -0.2) is 8.42 Å². The first kappa shape index (κ1) is 21.0. The molecule has 0 aliphatic rings. The number of carbonyl (C=O) groups excluding carboxylic acids is 2. The third-order valence-electron chi connectivity index (χ3n) is 3.68. The fourth-order valence-corrected chi connectivity index (χ4v) is 4.83. The van der Waals surface area contributed by atoms with Crippen LogP contribution in [-0.2, 0) is 19.4 Å². The maximum atomic E-state index is 12.6. The molecule has 0 aromatic rings. The van der Waals surface area contributed by atoms with Crippen LogP contribution in [0.3, 0.4) is 0 Å². The van der Waals surface area contributed by atoms with Gasteiger partial charge in [-0.15, -0.1) is 0 Å². The largest absolute Gasteiger partial charge is 0.368 e. The molecule has 1 atom stereocenters. The van der Waals surface area contributed by atoms with E-state index < -0.39 is 43.5 Å². The molecule has 0 spiro atoms. The van der Waals surface area contributed by atoms with E-state index in [0.29, 0.717) is 25.7 Å². The Labute approximate surface area is 133 Å². The first-order valence-corrected chi connectivity index (χ1v) is 9.39. The SMILES string of the molecule is CCCC(CCC)S(=O)(=O)C[C@@](N)(C(N)=O)C(=O)C(C)(C)C. The quantitative estimate of drug-likeness (QED) is 0.613. The van der Waals surface area contributed by atoms with Crippen LogP contribution in [0.25, 0.3) is 0 Å². The number of sulfone groups is 1. The monoisotopic (exact) mass is 334 g/mol. The van der Waals surface area contributed by atoms with Crippen molar-refractivity contribution < 1.29 is 18.0 Å². The highest BCUT2D eigenvalue weighted by Gasteiger charge is 2.49. The summed E-state index contributed by atoms with van der Waals surface area (Å²) < 4.78 is 25.2. The highest BCUT2D eigenvalue weighted by atomic mass is 32.2. The number of Topliss-reactive ketones (excluding diaryl/α,β-unsaturated/α-hetero) is 1. The van der Waals surface area contributed by atoms with E-state index in [1.165, 1.54) is 0 Å². The molecule has 0 heterocycles. The van der Waals surface area contributed by atoms with Crippen molar-refractivity contribution in [3.63, 3.8) is 0 Å². The van der Waals surface area contributed by atoms with Gasteiger partial charge < -0.3 is 11.5 Å². The van der Waals surface area contributed by atoms with E-state index in [1.54, 1.807) is 20.8 Å². The van der Waals surface area contributed by atoms with Crippen LogP contribution in [0.2, 0.25) is 0 Å². The second-order valence-electron chi connectivity index (χ2n) is 6.92. The van der Waals surface area contributed by atoms with Crippen LogP contribution >= 0.6 is 0 Å². The van der Waals surface area contributed by atoms with E-state index in [9.17, 15) is 18.0 Å². The van der Waals surface area contributed by atoms with Crippen molar-refractivity contribution in [1.29, 1.82) is 0 Å². The predicted molar refractivity (Wildman–Crippen MR) is 88.0 cm³/mol. The van der Waals surface area contributed by atoms with Crippen molar-refractivity contribution in [3.05, 3.63) is 0 Å². The van der Waals surface area contributed by atoms with Crippen molar-refractivity contribution >= 4 is 21.5 Å². The molecular formula is C15H30N2O4S. The molecule has 0 bridgehead atoms. The van der Waals surface area contributed by atoms with Crippen LogP contribution in [0, 0.1) is 5.41 Å². The molecule has 6 nitrogen and oxygen atoms in total. The van der Waals surface area contributed by atoms with E-state index in [0.717, 1.165) is 0 Å². The molecule has 0 aromatic heterocycles. The number of primary amides is 1. The number of rotatable bonds is 9. The topological polar surface area (TPSA) is 120 Å². The molecule has 0 aromatic carbocycles. The van der Waals surface area contributed by atoms with E-state index >= 15 is 0 Å². The van der Waals surface area contributed by atoms with E-state index in [4.69, 9.17) is 11.5 Å². The van der Waals surface area contributed by atoms with E-state index in [2.05, 4.69) is 0 Å². The van der Waals surface area contributed by atoms with Gasteiger partial charge in [-0.3, -0.25) is 9.59 Å². The van der Waals surface area contributed by atoms with Crippen molar-refractivity contribution in [1.82, 2.24) is 0 Å². The summed E-state index contributed by atoms with van der Waals surface area (Å²) in [6, 6.07) is 0. The number of carbonyl (C=O) groups is 2. The van der Waals surface area contributed by atoms with Crippen molar-refractivity contribution in [3.8, 4) is 0 Å². The normalized spacial score (nSPS) is 15.6. The highest BCUT2D eigenvalue weighted by Crippen LogP contribution is 2.26. The molecule has 0 radical (unpaired) electrons. The Hall–Kier alpha value is -0.950. The van der Waals surface area contributed by atoms with Gasteiger partial charge in [0.25, 0.3) is 0 Å². The number of amides is 1. The van der Waals surface area contributed by atoms with Crippen LogP contribution in [0.5, 0.6) is 0 Å². The Balaban J connectivity index is 5.67. The molecule has 130 valence electrons. The fourth-order valence-electron chi connectivity index (χ4n) is 2.50. The van der Waals surface area contributed by atoms with Gasteiger partial charge in [-0.1, -0.05) is 47.5 Å². The Morgan fingerprint density at radius 1 is 1.05 bits per heavy atom. The molecule has 0 unspecified atom stereocenters.